The molecule has 18 heavy (non-hydrogen) atoms. The lowest BCUT2D eigenvalue weighted by Gasteiger charge is -2.14. The number of rotatable bonds is 6. The fraction of sp³-hybridized carbons (Fsp3) is 0.400. The van der Waals surface area contributed by atoms with Crippen LogP contribution >= 0.6 is 0 Å². The van der Waals surface area contributed by atoms with Gasteiger partial charge in [-0.3, -0.25) is 4.98 Å². The second kappa shape index (κ2) is 6.36. The summed E-state index contributed by atoms with van der Waals surface area (Å²) in [5, 5.41) is 3.52. The van der Waals surface area contributed by atoms with E-state index in [0.29, 0.717) is 6.04 Å². The van der Waals surface area contributed by atoms with Gasteiger partial charge in [-0.15, -0.1) is 0 Å². The van der Waals surface area contributed by atoms with Crippen LogP contribution in [0.1, 0.15) is 30.2 Å². The fourth-order valence-corrected chi connectivity index (χ4v) is 1.88. The van der Waals surface area contributed by atoms with Crippen molar-refractivity contribution in [1.82, 2.24) is 10.3 Å². The van der Waals surface area contributed by atoms with Crippen LogP contribution < -0.4 is 5.32 Å². The molecule has 0 saturated heterocycles. The highest BCUT2D eigenvalue weighted by Gasteiger charge is 2.05. The molecule has 0 bridgehead atoms. The summed E-state index contributed by atoms with van der Waals surface area (Å²) in [5.41, 5.74) is 2.55. The second-order valence-electron chi connectivity index (χ2n) is 4.70. The fourth-order valence-electron chi connectivity index (χ4n) is 1.88. The molecule has 0 amide bonds. The van der Waals surface area contributed by atoms with Gasteiger partial charge in [0.2, 0.25) is 0 Å². The van der Waals surface area contributed by atoms with E-state index in [1.54, 1.807) is 6.26 Å². The molecule has 1 atom stereocenters. The zero-order valence-electron chi connectivity index (χ0n) is 11.0. The topological polar surface area (TPSA) is 38.1 Å². The predicted octanol–water partition coefficient (Wildman–Crippen LogP) is 3.09. The van der Waals surface area contributed by atoms with Crippen LogP contribution in [0.3, 0.4) is 0 Å². The molecule has 3 heteroatoms. The van der Waals surface area contributed by atoms with Crippen LogP contribution in [0.25, 0.3) is 0 Å². The monoisotopic (exact) mass is 244 g/mol. The average molecular weight is 244 g/mol. The molecule has 96 valence electrons. The largest absolute Gasteiger partial charge is 0.469 e. The van der Waals surface area contributed by atoms with Crippen molar-refractivity contribution in [2.24, 2.45) is 0 Å². The Balaban J connectivity index is 1.75. The summed E-state index contributed by atoms with van der Waals surface area (Å²) in [6.07, 6.45) is 7.55. The van der Waals surface area contributed by atoms with Crippen molar-refractivity contribution in [1.29, 1.82) is 0 Å². The third-order valence-corrected chi connectivity index (χ3v) is 3.19. The molecule has 1 unspecified atom stereocenters. The first-order valence-electron chi connectivity index (χ1n) is 6.41. The maximum atomic E-state index is 5.33. The van der Waals surface area contributed by atoms with Crippen molar-refractivity contribution in [3.63, 3.8) is 0 Å². The molecule has 2 heterocycles. The van der Waals surface area contributed by atoms with E-state index < -0.39 is 0 Å². The van der Waals surface area contributed by atoms with Gasteiger partial charge in [-0.1, -0.05) is 0 Å². The number of furan rings is 1. The van der Waals surface area contributed by atoms with Gasteiger partial charge in [0, 0.05) is 31.4 Å². The quantitative estimate of drug-likeness (QED) is 0.848. The van der Waals surface area contributed by atoms with E-state index in [1.807, 2.05) is 30.6 Å². The normalized spacial score (nSPS) is 12.6. The molecule has 1 N–H and O–H groups in total. The van der Waals surface area contributed by atoms with Gasteiger partial charge in [-0.25, -0.2) is 0 Å². The Labute approximate surface area is 108 Å². The zero-order chi connectivity index (χ0) is 12.8. The number of aryl methyl sites for hydroxylation is 2. The van der Waals surface area contributed by atoms with Crippen LogP contribution in [0.5, 0.6) is 0 Å². The summed E-state index contributed by atoms with van der Waals surface area (Å²) in [7, 11) is 0. The first kappa shape index (κ1) is 12.8. The van der Waals surface area contributed by atoms with Gasteiger partial charge in [-0.2, -0.15) is 0 Å². The number of hydrogen-bond donors (Lipinski definition) is 1. The molecule has 0 fully saturated rings. The number of pyridine rings is 1. The molecule has 2 rings (SSSR count). The Hall–Kier alpha value is -1.61. The van der Waals surface area contributed by atoms with Crippen molar-refractivity contribution >= 4 is 0 Å². The number of hydrogen-bond acceptors (Lipinski definition) is 3. The van der Waals surface area contributed by atoms with Gasteiger partial charge in [0.25, 0.3) is 0 Å². The van der Waals surface area contributed by atoms with Gasteiger partial charge < -0.3 is 9.73 Å². The number of aromatic nitrogens is 1. The van der Waals surface area contributed by atoms with E-state index >= 15 is 0 Å². The van der Waals surface area contributed by atoms with Gasteiger partial charge in [-0.05, 0) is 49.6 Å². The minimum Gasteiger partial charge on any atom is -0.469 e. The van der Waals surface area contributed by atoms with Crippen molar-refractivity contribution in [3.8, 4) is 0 Å². The van der Waals surface area contributed by atoms with Gasteiger partial charge >= 0.3 is 0 Å². The van der Waals surface area contributed by atoms with Crippen molar-refractivity contribution in [3.05, 3.63) is 53.7 Å². The van der Waals surface area contributed by atoms with Crippen LogP contribution in [-0.4, -0.2) is 11.0 Å². The van der Waals surface area contributed by atoms with E-state index in [-0.39, 0.29) is 0 Å². The minimum absolute atomic E-state index is 0.467. The standard InChI is InChI=1S/C15H20N2O/c1-12-7-8-16-10-14(12)11-17-13(2)5-6-15-4-3-9-18-15/h3-4,7-10,13,17H,5-6,11H2,1-2H3. The minimum atomic E-state index is 0.467. The third kappa shape index (κ3) is 3.70. The second-order valence-corrected chi connectivity index (χ2v) is 4.70. The molecule has 3 nitrogen and oxygen atoms in total. The SMILES string of the molecule is Cc1ccncc1CNC(C)CCc1ccco1. The van der Waals surface area contributed by atoms with Crippen LogP contribution in [0.4, 0.5) is 0 Å². The number of nitrogens with zero attached hydrogens (tertiary/aromatic N) is 1. The van der Waals surface area contributed by atoms with E-state index in [4.69, 9.17) is 4.42 Å². The van der Waals surface area contributed by atoms with E-state index in [2.05, 4.69) is 24.1 Å². The molecular formula is C15H20N2O. The Bertz CT molecular complexity index is 465. The maximum Gasteiger partial charge on any atom is 0.103 e. The summed E-state index contributed by atoms with van der Waals surface area (Å²) >= 11 is 0. The molecule has 0 aliphatic rings. The Morgan fingerprint density at radius 1 is 1.39 bits per heavy atom. The van der Waals surface area contributed by atoms with Crippen LogP contribution in [0, 0.1) is 6.92 Å². The van der Waals surface area contributed by atoms with E-state index in [9.17, 15) is 0 Å². The third-order valence-electron chi connectivity index (χ3n) is 3.19. The molecule has 0 aliphatic heterocycles. The summed E-state index contributed by atoms with van der Waals surface area (Å²) in [6.45, 7) is 5.19. The Kier molecular flexibility index (Phi) is 4.53. The summed E-state index contributed by atoms with van der Waals surface area (Å²) in [4.78, 5) is 4.16. The Morgan fingerprint density at radius 3 is 3.00 bits per heavy atom. The highest BCUT2D eigenvalue weighted by molar-refractivity contribution is 5.21. The van der Waals surface area contributed by atoms with Crippen molar-refractivity contribution in [2.45, 2.75) is 39.3 Å². The average Bonchev–Trinajstić information content (AvgIpc) is 2.88. The van der Waals surface area contributed by atoms with Gasteiger partial charge in [0.15, 0.2) is 0 Å². The predicted molar refractivity (Wildman–Crippen MR) is 72.3 cm³/mol. The first-order valence-corrected chi connectivity index (χ1v) is 6.41. The van der Waals surface area contributed by atoms with Gasteiger partial charge in [0.05, 0.1) is 6.26 Å². The summed E-state index contributed by atoms with van der Waals surface area (Å²) in [6, 6.07) is 6.48. The highest BCUT2D eigenvalue weighted by Crippen LogP contribution is 2.08. The summed E-state index contributed by atoms with van der Waals surface area (Å²) in [5.74, 6) is 1.06. The first-order chi connectivity index (χ1) is 8.75. The molecular weight excluding hydrogens is 224 g/mol. The lowest BCUT2D eigenvalue weighted by Crippen LogP contribution is -2.26. The Morgan fingerprint density at radius 2 is 2.28 bits per heavy atom. The lowest BCUT2D eigenvalue weighted by atomic mass is 10.1. The van der Waals surface area contributed by atoms with Crippen molar-refractivity contribution in [2.75, 3.05) is 0 Å². The molecule has 0 radical (unpaired) electrons. The molecule has 0 spiro atoms. The molecule has 0 aromatic carbocycles. The van der Waals surface area contributed by atoms with Crippen LogP contribution in [0.2, 0.25) is 0 Å². The van der Waals surface area contributed by atoms with Gasteiger partial charge in [0.1, 0.15) is 5.76 Å². The molecule has 2 aromatic rings. The summed E-state index contributed by atoms with van der Waals surface area (Å²) < 4.78 is 5.33. The van der Waals surface area contributed by atoms with E-state index in [1.165, 1.54) is 11.1 Å². The molecule has 0 saturated carbocycles. The van der Waals surface area contributed by atoms with Crippen molar-refractivity contribution < 1.29 is 4.42 Å². The molecule has 2 aromatic heterocycles. The lowest BCUT2D eigenvalue weighted by molar-refractivity contribution is 0.459. The highest BCUT2D eigenvalue weighted by atomic mass is 16.3. The smallest absolute Gasteiger partial charge is 0.103 e. The molecule has 0 aliphatic carbocycles. The zero-order valence-corrected chi connectivity index (χ0v) is 11.0. The van der Waals surface area contributed by atoms with E-state index in [0.717, 1.165) is 25.1 Å². The van der Waals surface area contributed by atoms with Crippen LogP contribution in [-0.2, 0) is 13.0 Å². The number of nitrogens with one attached hydrogen (secondary N) is 1. The van der Waals surface area contributed by atoms with Crippen LogP contribution in [0.15, 0.2) is 41.3 Å². The maximum absolute atomic E-state index is 5.33.